The molecule has 1 amide bonds. The van der Waals surface area contributed by atoms with Gasteiger partial charge in [0, 0.05) is 29.7 Å². The van der Waals surface area contributed by atoms with Crippen LogP contribution in [0.1, 0.15) is 10.4 Å². The fourth-order valence-corrected chi connectivity index (χ4v) is 2.69. The van der Waals surface area contributed by atoms with Crippen LogP contribution in [-0.4, -0.2) is 31.8 Å². The third kappa shape index (κ3) is 5.39. The van der Waals surface area contributed by atoms with E-state index in [-0.39, 0.29) is 5.56 Å². The summed E-state index contributed by atoms with van der Waals surface area (Å²) in [6.07, 6.45) is 1.46. The largest absolute Gasteiger partial charge is 0.573 e. The molecule has 0 aliphatic rings. The molecule has 2 aromatic carbocycles. The molecule has 1 N–H and O–H groups in total. The van der Waals surface area contributed by atoms with Crippen molar-refractivity contribution in [3.05, 3.63) is 85.2 Å². The Labute approximate surface area is 179 Å². The van der Waals surface area contributed by atoms with Gasteiger partial charge in [0.05, 0.1) is 0 Å². The molecule has 0 saturated carbocycles. The zero-order valence-corrected chi connectivity index (χ0v) is 16.2. The lowest BCUT2D eigenvalue weighted by Crippen LogP contribution is -2.18. The number of hydrogen-bond acceptors (Lipinski definition) is 6. The average Bonchev–Trinajstić information content (AvgIpc) is 3.29. The van der Waals surface area contributed by atoms with E-state index in [1.807, 2.05) is 0 Å². The van der Waals surface area contributed by atoms with Crippen LogP contribution in [0.4, 0.5) is 18.9 Å². The third-order valence-electron chi connectivity index (χ3n) is 4.06. The molecular weight excluding hydrogens is 427 g/mol. The van der Waals surface area contributed by atoms with E-state index in [0.717, 1.165) is 12.1 Å². The lowest BCUT2D eigenvalue weighted by atomic mass is 10.2. The van der Waals surface area contributed by atoms with E-state index in [1.54, 1.807) is 53.6 Å². The normalized spacial score (nSPS) is 11.1. The van der Waals surface area contributed by atoms with E-state index in [2.05, 4.69) is 25.0 Å². The molecule has 4 rings (SSSR count). The van der Waals surface area contributed by atoms with Gasteiger partial charge in [-0.05, 0) is 42.5 Å². The number of benzene rings is 2. The predicted octanol–water partition coefficient (Wildman–Crippen LogP) is 4.61. The van der Waals surface area contributed by atoms with Crippen molar-refractivity contribution in [3.8, 4) is 23.2 Å². The molecule has 0 bridgehead atoms. The number of ether oxygens (including phenoxy) is 2. The third-order valence-corrected chi connectivity index (χ3v) is 4.06. The summed E-state index contributed by atoms with van der Waals surface area (Å²) in [5.41, 5.74) is 0.436. The number of aromatic nitrogens is 4. The number of nitrogens with one attached hydrogen (secondary N) is 1. The Bertz CT molecular complexity index is 1210. The summed E-state index contributed by atoms with van der Waals surface area (Å²) in [5.74, 6) is 0.273. The molecule has 8 nitrogen and oxygen atoms in total. The maximum atomic E-state index is 12.4. The van der Waals surface area contributed by atoms with E-state index >= 15 is 0 Å². The molecule has 11 heteroatoms. The molecule has 162 valence electrons. The quantitative estimate of drug-likeness (QED) is 0.470. The number of imidazole rings is 1. The summed E-state index contributed by atoms with van der Waals surface area (Å²) in [6.45, 7) is 0. The summed E-state index contributed by atoms with van der Waals surface area (Å²) in [6, 6.07) is 12.8. The summed E-state index contributed by atoms with van der Waals surface area (Å²) < 4.78 is 48.3. The summed E-state index contributed by atoms with van der Waals surface area (Å²) in [7, 11) is 0. The predicted molar refractivity (Wildman–Crippen MR) is 107 cm³/mol. The Morgan fingerprint density at radius 1 is 1.00 bits per heavy atom. The van der Waals surface area contributed by atoms with Crippen LogP contribution in [0.25, 0.3) is 5.82 Å². The molecule has 4 aromatic rings. The van der Waals surface area contributed by atoms with Gasteiger partial charge in [-0.15, -0.1) is 13.2 Å². The van der Waals surface area contributed by atoms with Gasteiger partial charge in [-0.25, -0.2) is 15.0 Å². The molecule has 0 aliphatic carbocycles. The number of halogens is 3. The molecule has 0 fully saturated rings. The second-order valence-corrected chi connectivity index (χ2v) is 6.34. The molecule has 2 heterocycles. The van der Waals surface area contributed by atoms with Crippen LogP contribution in [0.3, 0.4) is 0 Å². The molecule has 2 aromatic heterocycles. The molecular formula is C21H14F3N5O3. The highest BCUT2D eigenvalue weighted by atomic mass is 19.4. The molecule has 0 saturated heterocycles. The van der Waals surface area contributed by atoms with E-state index in [4.69, 9.17) is 4.74 Å². The van der Waals surface area contributed by atoms with Crippen molar-refractivity contribution in [3.63, 3.8) is 0 Å². The van der Waals surface area contributed by atoms with Crippen LogP contribution in [-0.2, 0) is 0 Å². The first kappa shape index (κ1) is 20.8. The minimum atomic E-state index is -4.84. The maximum absolute atomic E-state index is 12.4. The number of nitrogens with zero attached hydrogens (tertiary/aromatic N) is 4. The van der Waals surface area contributed by atoms with Crippen molar-refractivity contribution in [2.75, 3.05) is 5.32 Å². The van der Waals surface area contributed by atoms with Crippen LogP contribution in [0.2, 0.25) is 0 Å². The van der Waals surface area contributed by atoms with Gasteiger partial charge in [-0.1, -0.05) is 6.07 Å². The molecule has 32 heavy (non-hydrogen) atoms. The monoisotopic (exact) mass is 441 g/mol. The first-order valence-corrected chi connectivity index (χ1v) is 9.11. The molecule has 0 radical (unpaired) electrons. The topological polar surface area (TPSA) is 91.2 Å². The Kier molecular flexibility index (Phi) is 5.71. The van der Waals surface area contributed by atoms with Gasteiger partial charge in [0.15, 0.2) is 0 Å². The van der Waals surface area contributed by atoms with Crippen molar-refractivity contribution in [1.82, 2.24) is 19.5 Å². The highest BCUT2D eigenvalue weighted by Gasteiger charge is 2.31. The number of carbonyl (C=O) groups excluding carboxylic acids is 1. The number of amides is 1. The SMILES string of the molecule is O=C(Nc1ccc(Oc2cc(-n3ccnc3)ncn2)cc1)c1cccc(OC(F)(F)F)c1. The van der Waals surface area contributed by atoms with Crippen LogP contribution in [0.15, 0.2) is 79.6 Å². The number of hydrogen-bond donors (Lipinski definition) is 1. The lowest BCUT2D eigenvalue weighted by Gasteiger charge is -2.11. The first-order chi connectivity index (χ1) is 15.4. The number of alkyl halides is 3. The van der Waals surface area contributed by atoms with Gasteiger partial charge in [0.25, 0.3) is 5.91 Å². The van der Waals surface area contributed by atoms with Gasteiger partial charge in [-0.3, -0.25) is 9.36 Å². The highest BCUT2D eigenvalue weighted by molar-refractivity contribution is 6.04. The standard InChI is InChI=1S/C21H14F3N5O3/c22-21(23,24)32-17-3-1-2-14(10-17)20(30)28-15-4-6-16(7-5-15)31-19-11-18(26-12-27-19)29-9-8-25-13-29/h1-13H,(H,28,30). The minimum Gasteiger partial charge on any atom is -0.439 e. The second-order valence-electron chi connectivity index (χ2n) is 6.34. The number of anilines is 1. The van der Waals surface area contributed by atoms with E-state index in [9.17, 15) is 18.0 Å². The lowest BCUT2D eigenvalue weighted by molar-refractivity contribution is -0.274. The van der Waals surface area contributed by atoms with Crippen LogP contribution in [0, 0.1) is 0 Å². The van der Waals surface area contributed by atoms with Crippen LogP contribution in [0.5, 0.6) is 17.4 Å². The van der Waals surface area contributed by atoms with Gasteiger partial charge in [0.2, 0.25) is 5.88 Å². The van der Waals surface area contributed by atoms with Crippen molar-refractivity contribution in [1.29, 1.82) is 0 Å². The fraction of sp³-hybridized carbons (Fsp3) is 0.0476. The van der Waals surface area contributed by atoms with Crippen molar-refractivity contribution >= 4 is 11.6 Å². The van der Waals surface area contributed by atoms with Gasteiger partial charge < -0.3 is 14.8 Å². The Morgan fingerprint density at radius 3 is 2.53 bits per heavy atom. The van der Waals surface area contributed by atoms with Gasteiger partial charge in [0.1, 0.15) is 30.0 Å². The second kappa shape index (κ2) is 8.76. The first-order valence-electron chi connectivity index (χ1n) is 9.11. The van der Waals surface area contributed by atoms with Crippen molar-refractivity contribution < 1.29 is 27.4 Å². The van der Waals surface area contributed by atoms with Gasteiger partial charge in [-0.2, -0.15) is 0 Å². The summed E-state index contributed by atoms with van der Waals surface area (Å²) in [4.78, 5) is 24.5. The molecule has 0 unspecified atom stereocenters. The van der Waals surface area contributed by atoms with E-state index in [1.165, 1.54) is 18.5 Å². The highest BCUT2D eigenvalue weighted by Crippen LogP contribution is 2.25. The summed E-state index contributed by atoms with van der Waals surface area (Å²) >= 11 is 0. The number of rotatable bonds is 6. The van der Waals surface area contributed by atoms with Crippen molar-refractivity contribution in [2.24, 2.45) is 0 Å². The Hall–Kier alpha value is -4.41. The minimum absolute atomic E-state index is 0.0140. The Morgan fingerprint density at radius 2 is 1.81 bits per heavy atom. The zero-order chi connectivity index (χ0) is 22.6. The average molecular weight is 441 g/mol. The molecule has 0 aliphatic heterocycles. The molecule has 0 spiro atoms. The van der Waals surface area contributed by atoms with Crippen LogP contribution < -0.4 is 14.8 Å². The van der Waals surface area contributed by atoms with Crippen LogP contribution >= 0.6 is 0 Å². The van der Waals surface area contributed by atoms with E-state index < -0.39 is 18.0 Å². The zero-order valence-electron chi connectivity index (χ0n) is 16.2. The van der Waals surface area contributed by atoms with Gasteiger partial charge >= 0.3 is 6.36 Å². The smallest absolute Gasteiger partial charge is 0.439 e. The van der Waals surface area contributed by atoms with E-state index in [0.29, 0.717) is 23.1 Å². The fourth-order valence-electron chi connectivity index (χ4n) is 2.69. The summed E-state index contributed by atoms with van der Waals surface area (Å²) in [5, 5.41) is 2.60. The molecule has 0 atom stereocenters. The Balaban J connectivity index is 1.41. The maximum Gasteiger partial charge on any atom is 0.573 e. The van der Waals surface area contributed by atoms with Crippen molar-refractivity contribution in [2.45, 2.75) is 6.36 Å². The number of carbonyl (C=O) groups is 1.